The van der Waals surface area contributed by atoms with Crippen LogP contribution in [0.1, 0.15) is 10.6 Å². The molecule has 0 saturated carbocycles. The summed E-state index contributed by atoms with van der Waals surface area (Å²) in [5, 5.41) is 0. The Morgan fingerprint density at radius 1 is 1.88 bits per heavy atom. The van der Waals surface area contributed by atoms with Crippen molar-refractivity contribution in [3.8, 4) is 12.3 Å². The van der Waals surface area contributed by atoms with Gasteiger partial charge in [0.15, 0.2) is 0 Å². The van der Waals surface area contributed by atoms with E-state index in [-0.39, 0.29) is 0 Å². The first kappa shape index (κ1) is 5.33. The number of rotatable bonds is 0. The smallest absolute Gasteiger partial charge is 0.126 e. The van der Waals surface area contributed by atoms with Gasteiger partial charge in [-0.2, -0.15) is 0 Å². The Hall–Kier alpha value is -0.810. The second-order valence-corrected chi connectivity index (χ2v) is 2.46. The van der Waals surface area contributed by atoms with Gasteiger partial charge < -0.3 is 0 Å². The lowest BCUT2D eigenvalue weighted by Crippen LogP contribution is -1.72. The second kappa shape index (κ2) is 1.97. The van der Waals surface area contributed by atoms with Crippen molar-refractivity contribution in [3.63, 3.8) is 0 Å². The summed E-state index contributed by atoms with van der Waals surface area (Å²) in [5.74, 6) is 2.47. The van der Waals surface area contributed by atoms with Crippen molar-refractivity contribution in [3.05, 3.63) is 16.1 Å². The molecule has 0 amide bonds. The van der Waals surface area contributed by atoms with Crippen molar-refractivity contribution < 1.29 is 0 Å². The molecule has 0 atom stereocenters. The highest BCUT2D eigenvalue weighted by molar-refractivity contribution is 7.09. The van der Waals surface area contributed by atoms with Crippen molar-refractivity contribution in [1.82, 2.24) is 4.98 Å². The minimum absolute atomic E-state index is 0.773. The standard InChI is InChI=1S/C6H5NS/c1-3-6-5(2)8-4-7-6/h1,4H,2H3. The Bertz CT molecular complexity index is 219. The maximum Gasteiger partial charge on any atom is 0.126 e. The lowest BCUT2D eigenvalue weighted by atomic mass is 10.4. The molecule has 1 heterocycles. The summed E-state index contributed by atoms with van der Waals surface area (Å²) in [6.07, 6.45) is 5.09. The third-order valence-corrected chi connectivity index (χ3v) is 1.64. The molecule has 1 nitrogen and oxygen atoms in total. The predicted octanol–water partition coefficient (Wildman–Crippen LogP) is 1.43. The molecule has 0 aliphatic carbocycles. The third-order valence-electron chi connectivity index (χ3n) is 0.881. The molecule has 2 heteroatoms. The van der Waals surface area contributed by atoms with Crippen LogP contribution in [0.3, 0.4) is 0 Å². The van der Waals surface area contributed by atoms with Gasteiger partial charge in [0.1, 0.15) is 5.69 Å². The van der Waals surface area contributed by atoms with E-state index < -0.39 is 0 Å². The first-order chi connectivity index (χ1) is 3.84. The molecule has 1 aromatic rings. The van der Waals surface area contributed by atoms with Gasteiger partial charge in [-0.25, -0.2) is 4.98 Å². The fourth-order valence-corrected chi connectivity index (χ4v) is 0.983. The van der Waals surface area contributed by atoms with Gasteiger partial charge in [0.2, 0.25) is 0 Å². The van der Waals surface area contributed by atoms with Gasteiger partial charge >= 0.3 is 0 Å². The highest BCUT2D eigenvalue weighted by Crippen LogP contribution is 2.08. The maximum absolute atomic E-state index is 5.09. The Kier molecular flexibility index (Phi) is 1.32. The first-order valence-corrected chi connectivity index (χ1v) is 3.09. The van der Waals surface area contributed by atoms with E-state index in [0.29, 0.717) is 0 Å². The van der Waals surface area contributed by atoms with Gasteiger partial charge in [0.05, 0.1) is 5.51 Å². The molecule has 0 radical (unpaired) electrons. The van der Waals surface area contributed by atoms with Crippen LogP contribution in [0.2, 0.25) is 0 Å². The summed E-state index contributed by atoms with van der Waals surface area (Å²) >= 11 is 1.58. The number of aromatic nitrogens is 1. The highest BCUT2D eigenvalue weighted by atomic mass is 32.1. The van der Waals surface area contributed by atoms with E-state index in [2.05, 4.69) is 10.9 Å². The van der Waals surface area contributed by atoms with E-state index in [1.807, 2.05) is 6.92 Å². The molecule has 0 unspecified atom stereocenters. The van der Waals surface area contributed by atoms with Gasteiger partial charge in [0, 0.05) is 4.88 Å². The number of nitrogens with zero attached hydrogens (tertiary/aromatic N) is 1. The molecular weight excluding hydrogens is 118 g/mol. The molecule has 8 heavy (non-hydrogen) atoms. The zero-order valence-corrected chi connectivity index (χ0v) is 5.33. The van der Waals surface area contributed by atoms with Crippen LogP contribution in [0, 0.1) is 19.3 Å². The van der Waals surface area contributed by atoms with Gasteiger partial charge in [-0.15, -0.1) is 17.8 Å². The maximum atomic E-state index is 5.09. The summed E-state index contributed by atoms with van der Waals surface area (Å²) in [7, 11) is 0. The highest BCUT2D eigenvalue weighted by Gasteiger charge is 1.92. The van der Waals surface area contributed by atoms with E-state index in [4.69, 9.17) is 6.42 Å². The lowest BCUT2D eigenvalue weighted by Gasteiger charge is -1.77. The van der Waals surface area contributed by atoms with Crippen LogP contribution in [0.4, 0.5) is 0 Å². The Morgan fingerprint density at radius 2 is 2.62 bits per heavy atom. The Labute approximate surface area is 52.4 Å². The molecular formula is C6H5NS. The van der Waals surface area contributed by atoms with Crippen LogP contribution in [0.5, 0.6) is 0 Å². The molecule has 0 aliphatic heterocycles. The van der Waals surface area contributed by atoms with Crippen LogP contribution in [-0.4, -0.2) is 4.98 Å². The monoisotopic (exact) mass is 123 g/mol. The average Bonchev–Trinajstić information content (AvgIpc) is 2.14. The van der Waals surface area contributed by atoms with Crippen molar-refractivity contribution in [1.29, 1.82) is 0 Å². The van der Waals surface area contributed by atoms with E-state index in [1.54, 1.807) is 16.8 Å². The largest absolute Gasteiger partial charge is 0.236 e. The average molecular weight is 123 g/mol. The van der Waals surface area contributed by atoms with Crippen LogP contribution >= 0.6 is 11.3 Å². The van der Waals surface area contributed by atoms with Crippen molar-refractivity contribution in [2.45, 2.75) is 6.92 Å². The minimum atomic E-state index is 0.773. The SMILES string of the molecule is C#Cc1ncsc1C. The van der Waals surface area contributed by atoms with E-state index in [1.165, 1.54) is 0 Å². The first-order valence-electron chi connectivity index (χ1n) is 2.21. The number of thiazole rings is 1. The molecule has 1 aromatic heterocycles. The number of terminal acetylenes is 1. The summed E-state index contributed by atoms with van der Waals surface area (Å²) in [4.78, 5) is 5.03. The van der Waals surface area contributed by atoms with Crippen molar-refractivity contribution in [2.75, 3.05) is 0 Å². The fourth-order valence-electron chi connectivity index (χ4n) is 0.444. The molecule has 0 aromatic carbocycles. The van der Waals surface area contributed by atoms with Crippen molar-refractivity contribution >= 4 is 11.3 Å². The molecule has 0 N–H and O–H groups in total. The molecule has 0 aliphatic rings. The fraction of sp³-hybridized carbons (Fsp3) is 0.167. The summed E-state index contributed by atoms with van der Waals surface area (Å²) in [6.45, 7) is 1.97. The summed E-state index contributed by atoms with van der Waals surface area (Å²) < 4.78 is 0. The van der Waals surface area contributed by atoms with Gasteiger partial charge in [-0.1, -0.05) is 0 Å². The number of hydrogen-bond acceptors (Lipinski definition) is 2. The molecule has 1 rings (SSSR count). The number of aryl methyl sites for hydroxylation is 1. The molecule has 0 bridgehead atoms. The zero-order valence-electron chi connectivity index (χ0n) is 4.51. The molecule has 40 valence electrons. The van der Waals surface area contributed by atoms with Gasteiger partial charge in [-0.3, -0.25) is 0 Å². The van der Waals surface area contributed by atoms with Crippen LogP contribution in [-0.2, 0) is 0 Å². The number of hydrogen-bond donors (Lipinski definition) is 0. The molecule has 0 fully saturated rings. The lowest BCUT2D eigenvalue weighted by molar-refractivity contribution is 1.34. The Balaban J connectivity index is 3.15. The topological polar surface area (TPSA) is 12.9 Å². The summed E-state index contributed by atoms with van der Waals surface area (Å²) in [5.41, 5.74) is 2.53. The van der Waals surface area contributed by atoms with Crippen molar-refractivity contribution in [2.24, 2.45) is 0 Å². The third kappa shape index (κ3) is 0.728. The van der Waals surface area contributed by atoms with Crippen LogP contribution in [0.25, 0.3) is 0 Å². The normalized spacial score (nSPS) is 8.50. The second-order valence-electron chi connectivity index (χ2n) is 1.40. The van der Waals surface area contributed by atoms with Gasteiger partial charge in [-0.05, 0) is 12.8 Å². The quantitative estimate of drug-likeness (QED) is 0.475. The predicted molar refractivity (Wildman–Crippen MR) is 34.8 cm³/mol. The van der Waals surface area contributed by atoms with Gasteiger partial charge in [0.25, 0.3) is 0 Å². The summed E-state index contributed by atoms with van der Waals surface area (Å²) in [6, 6.07) is 0. The van der Waals surface area contributed by atoms with Crippen LogP contribution < -0.4 is 0 Å². The molecule has 0 spiro atoms. The van der Waals surface area contributed by atoms with E-state index in [0.717, 1.165) is 10.6 Å². The zero-order chi connectivity index (χ0) is 5.98. The Morgan fingerprint density at radius 3 is 2.88 bits per heavy atom. The molecule has 0 saturated heterocycles. The van der Waals surface area contributed by atoms with E-state index >= 15 is 0 Å². The van der Waals surface area contributed by atoms with Crippen LogP contribution in [0.15, 0.2) is 5.51 Å². The van der Waals surface area contributed by atoms with E-state index in [9.17, 15) is 0 Å². The minimum Gasteiger partial charge on any atom is -0.236 e.